The summed E-state index contributed by atoms with van der Waals surface area (Å²) >= 11 is 0. The van der Waals surface area contributed by atoms with Gasteiger partial charge in [-0.05, 0) is 41.5 Å². The molecule has 2 aromatic rings. The molecule has 4 nitrogen and oxygen atoms in total. The Morgan fingerprint density at radius 3 is 2.17 bits per heavy atom. The molecule has 0 aliphatic carbocycles. The van der Waals surface area contributed by atoms with Crippen LogP contribution >= 0.6 is 0 Å². The number of carbonyl (C=O) groups is 1. The highest BCUT2D eigenvalue weighted by Gasteiger charge is 1.99. The molecule has 0 aliphatic rings. The Kier molecular flexibility index (Phi) is 5.80. The van der Waals surface area contributed by atoms with E-state index >= 15 is 0 Å². The second-order valence-corrected chi connectivity index (χ2v) is 5.27. The van der Waals surface area contributed by atoms with Crippen LogP contribution < -0.4 is 9.47 Å². The summed E-state index contributed by atoms with van der Waals surface area (Å²) in [5.41, 5.74) is 2.03. The van der Waals surface area contributed by atoms with Crippen LogP contribution in [0.1, 0.15) is 11.1 Å². The van der Waals surface area contributed by atoms with E-state index in [-0.39, 0.29) is 5.91 Å². The van der Waals surface area contributed by atoms with E-state index in [9.17, 15) is 4.79 Å². The van der Waals surface area contributed by atoms with Crippen LogP contribution in [0.2, 0.25) is 0 Å². The molecule has 0 fully saturated rings. The number of hydrogen-bond acceptors (Lipinski definition) is 3. The molecule has 23 heavy (non-hydrogen) atoms. The minimum Gasteiger partial charge on any atom is -0.497 e. The lowest BCUT2D eigenvalue weighted by molar-refractivity contribution is -0.123. The first kappa shape index (κ1) is 16.6. The number of rotatable bonds is 6. The lowest BCUT2D eigenvalue weighted by Gasteiger charge is -2.08. The highest BCUT2D eigenvalue weighted by Crippen LogP contribution is 2.16. The summed E-state index contributed by atoms with van der Waals surface area (Å²) in [6, 6.07) is 15.4. The molecule has 120 valence electrons. The van der Waals surface area contributed by atoms with Crippen LogP contribution in [0.3, 0.4) is 0 Å². The summed E-state index contributed by atoms with van der Waals surface area (Å²) in [4.78, 5) is 13.0. The summed E-state index contributed by atoms with van der Waals surface area (Å²) in [6.45, 7) is 0.498. The van der Waals surface area contributed by atoms with Crippen molar-refractivity contribution in [2.24, 2.45) is 0 Å². The Labute approximate surface area is 137 Å². The molecule has 0 atom stereocenters. The number of ether oxygens (including phenoxy) is 2. The van der Waals surface area contributed by atoms with Crippen LogP contribution in [0.15, 0.2) is 54.6 Å². The van der Waals surface area contributed by atoms with Crippen molar-refractivity contribution in [2.45, 2.75) is 6.61 Å². The predicted molar refractivity (Wildman–Crippen MR) is 91.5 cm³/mol. The predicted octanol–water partition coefficient (Wildman–Crippen LogP) is 3.38. The first-order chi connectivity index (χ1) is 11.1. The molecule has 0 saturated carbocycles. The molecule has 0 heterocycles. The fourth-order valence-electron chi connectivity index (χ4n) is 1.88. The molecule has 0 bridgehead atoms. The van der Waals surface area contributed by atoms with E-state index in [2.05, 4.69) is 0 Å². The maximum Gasteiger partial charge on any atom is 0.246 e. The normalized spacial score (nSPS) is 10.6. The van der Waals surface area contributed by atoms with Crippen LogP contribution in [0.5, 0.6) is 11.5 Å². The van der Waals surface area contributed by atoms with E-state index in [4.69, 9.17) is 9.47 Å². The van der Waals surface area contributed by atoms with Crippen LogP contribution in [0.4, 0.5) is 0 Å². The molecule has 0 N–H and O–H groups in total. The molecule has 0 aliphatic heterocycles. The smallest absolute Gasteiger partial charge is 0.246 e. The monoisotopic (exact) mass is 311 g/mol. The summed E-state index contributed by atoms with van der Waals surface area (Å²) in [6.07, 6.45) is 3.34. The van der Waals surface area contributed by atoms with E-state index in [1.807, 2.05) is 48.5 Å². The zero-order valence-electron chi connectivity index (χ0n) is 13.7. The number of carbonyl (C=O) groups excluding carboxylic acids is 1. The van der Waals surface area contributed by atoms with Crippen molar-refractivity contribution in [3.8, 4) is 11.5 Å². The maximum absolute atomic E-state index is 11.5. The van der Waals surface area contributed by atoms with Crippen LogP contribution in [0.25, 0.3) is 6.08 Å². The van der Waals surface area contributed by atoms with Crippen molar-refractivity contribution in [3.05, 3.63) is 65.7 Å². The van der Waals surface area contributed by atoms with Gasteiger partial charge >= 0.3 is 0 Å². The summed E-state index contributed by atoms with van der Waals surface area (Å²) < 4.78 is 10.9. The third kappa shape index (κ3) is 5.18. The molecule has 0 unspecified atom stereocenters. The van der Waals surface area contributed by atoms with Crippen molar-refractivity contribution < 1.29 is 14.3 Å². The number of amides is 1. The summed E-state index contributed by atoms with van der Waals surface area (Å²) in [5, 5.41) is 0. The van der Waals surface area contributed by atoms with Gasteiger partial charge in [-0.2, -0.15) is 0 Å². The Balaban J connectivity index is 1.90. The first-order valence-corrected chi connectivity index (χ1v) is 7.33. The van der Waals surface area contributed by atoms with Gasteiger partial charge in [-0.1, -0.05) is 24.3 Å². The fraction of sp³-hybridized carbons (Fsp3) is 0.211. The molecule has 0 radical (unpaired) electrons. The van der Waals surface area contributed by atoms with Gasteiger partial charge in [0.1, 0.15) is 18.1 Å². The molecular formula is C19H21NO3. The van der Waals surface area contributed by atoms with Crippen molar-refractivity contribution in [1.82, 2.24) is 4.90 Å². The van der Waals surface area contributed by atoms with E-state index in [0.717, 1.165) is 22.6 Å². The highest BCUT2D eigenvalue weighted by molar-refractivity contribution is 5.91. The minimum absolute atomic E-state index is 0.0372. The van der Waals surface area contributed by atoms with E-state index in [1.54, 1.807) is 33.4 Å². The lowest BCUT2D eigenvalue weighted by Crippen LogP contribution is -2.18. The van der Waals surface area contributed by atoms with Gasteiger partial charge in [0.05, 0.1) is 7.11 Å². The molecule has 2 rings (SSSR count). The van der Waals surface area contributed by atoms with Gasteiger partial charge in [0.15, 0.2) is 0 Å². The Morgan fingerprint density at radius 2 is 1.61 bits per heavy atom. The maximum atomic E-state index is 11.5. The Morgan fingerprint density at radius 1 is 1.00 bits per heavy atom. The van der Waals surface area contributed by atoms with Crippen LogP contribution in [0, 0.1) is 0 Å². The third-order valence-electron chi connectivity index (χ3n) is 3.30. The Bertz CT molecular complexity index is 658. The van der Waals surface area contributed by atoms with Crippen molar-refractivity contribution in [3.63, 3.8) is 0 Å². The van der Waals surface area contributed by atoms with Crippen LogP contribution in [-0.2, 0) is 11.4 Å². The van der Waals surface area contributed by atoms with E-state index < -0.39 is 0 Å². The zero-order valence-corrected chi connectivity index (χ0v) is 13.7. The van der Waals surface area contributed by atoms with Gasteiger partial charge < -0.3 is 14.4 Å². The summed E-state index contributed by atoms with van der Waals surface area (Å²) in [5.74, 6) is 1.58. The standard InChI is InChI=1S/C19H21NO3/c1-20(2)19(21)13-8-15-4-11-18(12-5-15)23-14-16-6-9-17(22-3)10-7-16/h4-13H,14H2,1-3H3/b13-8+. The van der Waals surface area contributed by atoms with E-state index in [1.165, 1.54) is 4.90 Å². The molecular weight excluding hydrogens is 290 g/mol. The second-order valence-electron chi connectivity index (χ2n) is 5.27. The largest absolute Gasteiger partial charge is 0.497 e. The number of hydrogen-bond donors (Lipinski definition) is 0. The fourth-order valence-corrected chi connectivity index (χ4v) is 1.88. The summed E-state index contributed by atoms with van der Waals surface area (Å²) in [7, 11) is 5.10. The molecule has 0 aromatic heterocycles. The molecule has 0 saturated heterocycles. The van der Waals surface area contributed by atoms with Gasteiger partial charge in [0.25, 0.3) is 0 Å². The number of methoxy groups -OCH3 is 1. The second kappa shape index (κ2) is 8.03. The van der Waals surface area contributed by atoms with Gasteiger partial charge in [-0.15, -0.1) is 0 Å². The molecule has 4 heteroatoms. The zero-order chi connectivity index (χ0) is 16.7. The Hall–Kier alpha value is -2.75. The van der Waals surface area contributed by atoms with Gasteiger partial charge in [-0.25, -0.2) is 0 Å². The first-order valence-electron chi connectivity index (χ1n) is 7.33. The molecule has 2 aromatic carbocycles. The number of nitrogens with zero attached hydrogens (tertiary/aromatic N) is 1. The van der Waals surface area contributed by atoms with Crippen molar-refractivity contribution in [1.29, 1.82) is 0 Å². The average molecular weight is 311 g/mol. The topological polar surface area (TPSA) is 38.8 Å². The lowest BCUT2D eigenvalue weighted by atomic mass is 10.2. The van der Waals surface area contributed by atoms with Gasteiger partial charge in [0, 0.05) is 20.2 Å². The minimum atomic E-state index is -0.0372. The highest BCUT2D eigenvalue weighted by atomic mass is 16.5. The third-order valence-corrected chi connectivity index (χ3v) is 3.30. The molecule has 0 spiro atoms. The molecule has 1 amide bonds. The van der Waals surface area contributed by atoms with Crippen molar-refractivity contribution >= 4 is 12.0 Å². The SMILES string of the molecule is COc1ccc(COc2ccc(/C=C/C(=O)N(C)C)cc2)cc1. The van der Waals surface area contributed by atoms with Gasteiger partial charge in [0.2, 0.25) is 5.91 Å². The number of likely N-dealkylation sites (N-methyl/N-ethyl adjacent to an activating group) is 1. The van der Waals surface area contributed by atoms with Crippen LogP contribution in [-0.4, -0.2) is 32.0 Å². The van der Waals surface area contributed by atoms with Gasteiger partial charge in [-0.3, -0.25) is 4.79 Å². The van der Waals surface area contributed by atoms with Crippen molar-refractivity contribution in [2.75, 3.05) is 21.2 Å². The quantitative estimate of drug-likeness (QED) is 0.768. The average Bonchev–Trinajstić information content (AvgIpc) is 2.59. The van der Waals surface area contributed by atoms with E-state index in [0.29, 0.717) is 6.61 Å². The number of benzene rings is 2.